The van der Waals surface area contributed by atoms with Crippen molar-refractivity contribution in [3.63, 3.8) is 0 Å². The number of carbonyl (C=O) groups excluding carboxylic acids is 1. The number of halogens is 1. The molecule has 2 heterocycles. The molecule has 6 nitrogen and oxygen atoms in total. The zero-order chi connectivity index (χ0) is 13.1. The fourth-order valence-corrected chi connectivity index (χ4v) is 2.18. The standard InChI is InChI=1S/C13H16N4O2.ClH/c18-13(6-11-8-14-3-4-19-11)16-10-2-1-9-7-15-17-12(9)5-10;/h1-2,5,7,11,14H,3-4,6,8H2,(H,15,17)(H,16,18);1H. The van der Waals surface area contributed by atoms with Gasteiger partial charge in [0.2, 0.25) is 5.91 Å². The quantitative estimate of drug-likeness (QED) is 0.798. The van der Waals surface area contributed by atoms with Crippen LogP contribution in [0.1, 0.15) is 6.42 Å². The molecule has 0 aliphatic carbocycles. The van der Waals surface area contributed by atoms with Gasteiger partial charge in [0.1, 0.15) is 0 Å². The van der Waals surface area contributed by atoms with Gasteiger partial charge in [-0.1, -0.05) is 0 Å². The summed E-state index contributed by atoms with van der Waals surface area (Å²) in [5.74, 6) is -0.0347. The summed E-state index contributed by atoms with van der Waals surface area (Å²) in [6, 6.07) is 5.67. The number of rotatable bonds is 3. The Kier molecular flexibility index (Phi) is 4.94. The Hall–Kier alpha value is -1.63. The molecule has 0 bridgehead atoms. The largest absolute Gasteiger partial charge is 0.375 e. The number of ether oxygens (including phenoxy) is 1. The number of amides is 1. The van der Waals surface area contributed by atoms with E-state index >= 15 is 0 Å². The van der Waals surface area contributed by atoms with Crippen LogP contribution in [-0.2, 0) is 9.53 Å². The maximum Gasteiger partial charge on any atom is 0.227 e. The fraction of sp³-hybridized carbons (Fsp3) is 0.385. The highest BCUT2D eigenvalue weighted by Crippen LogP contribution is 2.17. The number of nitrogens with zero attached hydrogens (tertiary/aromatic N) is 1. The number of aromatic nitrogens is 2. The average Bonchev–Trinajstić information content (AvgIpc) is 2.87. The summed E-state index contributed by atoms with van der Waals surface area (Å²) in [4.78, 5) is 11.9. The molecule has 0 spiro atoms. The van der Waals surface area contributed by atoms with E-state index in [1.54, 1.807) is 6.20 Å². The van der Waals surface area contributed by atoms with Crippen LogP contribution in [0.4, 0.5) is 5.69 Å². The van der Waals surface area contributed by atoms with E-state index in [2.05, 4.69) is 20.8 Å². The molecule has 3 N–H and O–H groups in total. The number of carbonyl (C=O) groups is 1. The lowest BCUT2D eigenvalue weighted by molar-refractivity contribution is -0.119. The fourth-order valence-electron chi connectivity index (χ4n) is 2.18. The highest BCUT2D eigenvalue weighted by molar-refractivity contribution is 5.93. The Balaban J connectivity index is 0.00000147. The molecule has 1 fully saturated rings. The Bertz CT molecular complexity index is 581. The van der Waals surface area contributed by atoms with Crippen molar-refractivity contribution in [2.45, 2.75) is 12.5 Å². The molecule has 0 radical (unpaired) electrons. The van der Waals surface area contributed by atoms with Gasteiger partial charge in [0, 0.05) is 24.2 Å². The molecule has 108 valence electrons. The van der Waals surface area contributed by atoms with Crippen LogP contribution in [0, 0.1) is 0 Å². The van der Waals surface area contributed by atoms with Gasteiger partial charge in [0.25, 0.3) is 0 Å². The van der Waals surface area contributed by atoms with Gasteiger partial charge in [-0.05, 0) is 18.2 Å². The molecular weight excluding hydrogens is 280 g/mol. The van der Waals surface area contributed by atoms with Crippen LogP contribution in [0.3, 0.4) is 0 Å². The normalized spacial score (nSPS) is 18.5. The van der Waals surface area contributed by atoms with E-state index in [9.17, 15) is 4.79 Å². The molecule has 7 heteroatoms. The predicted octanol–water partition coefficient (Wildman–Crippen LogP) is 1.30. The minimum absolute atomic E-state index is 0. The topological polar surface area (TPSA) is 79.0 Å². The summed E-state index contributed by atoms with van der Waals surface area (Å²) in [6.45, 7) is 2.25. The van der Waals surface area contributed by atoms with Gasteiger partial charge in [-0.3, -0.25) is 9.89 Å². The predicted molar refractivity (Wildman–Crippen MR) is 79.2 cm³/mol. The van der Waals surface area contributed by atoms with E-state index in [4.69, 9.17) is 4.74 Å². The van der Waals surface area contributed by atoms with Gasteiger partial charge in [-0.15, -0.1) is 12.4 Å². The van der Waals surface area contributed by atoms with Gasteiger partial charge >= 0.3 is 0 Å². The smallest absolute Gasteiger partial charge is 0.227 e. The molecule has 1 aromatic carbocycles. The molecule has 1 atom stereocenters. The number of aromatic amines is 1. The number of hydrogen-bond acceptors (Lipinski definition) is 4. The molecule has 1 aliphatic rings. The highest BCUT2D eigenvalue weighted by Gasteiger charge is 2.17. The lowest BCUT2D eigenvalue weighted by Gasteiger charge is -2.23. The molecular formula is C13H17ClN4O2. The molecule has 1 amide bonds. The monoisotopic (exact) mass is 296 g/mol. The van der Waals surface area contributed by atoms with Crippen LogP contribution < -0.4 is 10.6 Å². The van der Waals surface area contributed by atoms with E-state index in [1.165, 1.54) is 0 Å². The maximum absolute atomic E-state index is 11.9. The van der Waals surface area contributed by atoms with Crippen molar-refractivity contribution in [2.24, 2.45) is 0 Å². The van der Waals surface area contributed by atoms with Gasteiger partial charge < -0.3 is 15.4 Å². The summed E-state index contributed by atoms with van der Waals surface area (Å²) >= 11 is 0. The molecule has 1 unspecified atom stereocenters. The first-order chi connectivity index (χ1) is 9.31. The van der Waals surface area contributed by atoms with Crippen molar-refractivity contribution in [1.82, 2.24) is 15.5 Å². The van der Waals surface area contributed by atoms with Crippen molar-refractivity contribution < 1.29 is 9.53 Å². The van der Waals surface area contributed by atoms with Crippen LogP contribution in [0.15, 0.2) is 24.4 Å². The Morgan fingerprint density at radius 3 is 3.20 bits per heavy atom. The molecule has 0 saturated carbocycles. The first kappa shape index (κ1) is 14.8. The Morgan fingerprint density at radius 2 is 2.40 bits per heavy atom. The Labute approximate surface area is 122 Å². The number of nitrogens with one attached hydrogen (secondary N) is 3. The zero-order valence-corrected chi connectivity index (χ0v) is 11.7. The number of anilines is 1. The second-order valence-corrected chi connectivity index (χ2v) is 4.62. The second kappa shape index (κ2) is 6.69. The lowest BCUT2D eigenvalue weighted by Crippen LogP contribution is -2.40. The van der Waals surface area contributed by atoms with Crippen molar-refractivity contribution in [3.8, 4) is 0 Å². The number of hydrogen-bond donors (Lipinski definition) is 3. The summed E-state index contributed by atoms with van der Waals surface area (Å²) in [5, 5.41) is 13.9. The van der Waals surface area contributed by atoms with Crippen LogP contribution in [0.5, 0.6) is 0 Å². The van der Waals surface area contributed by atoms with Crippen LogP contribution in [0.25, 0.3) is 10.9 Å². The maximum atomic E-state index is 11.9. The molecule has 1 aliphatic heterocycles. The van der Waals surface area contributed by atoms with Crippen molar-refractivity contribution in [1.29, 1.82) is 0 Å². The third kappa shape index (κ3) is 3.47. The SMILES string of the molecule is Cl.O=C(CC1CNCCO1)Nc1ccc2cn[nH]c2c1. The van der Waals surface area contributed by atoms with Crippen LogP contribution >= 0.6 is 12.4 Å². The summed E-state index contributed by atoms with van der Waals surface area (Å²) in [5.41, 5.74) is 1.68. The first-order valence-electron chi connectivity index (χ1n) is 6.36. The van der Waals surface area contributed by atoms with Crippen molar-refractivity contribution >= 4 is 34.9 Å². The van der Waals surface area contributed by atoms with Crippen LogP contribution in [-0.4, -0.2) is 41.9 Å². The van der Waals surface area contributed by atoms with Gasteiger partial charge in [-0.2, -0.15) is 5.10 Å². The van der Waals surface area contributed by atoms with Gasteiger partial charge in [0.05, 0.1) is 30.8 Å². The van der Waals surface area contributed by atoms with Crippen molar-refractivity contribution in [3.05, 3.63) is 24.4 Å². The Morgan fingerprint density at radius 1 is 1.50 bits per heavy atom. The highest BCUT2D eigenvalue weighted by atomic mass is 35.5. The van der Waals surface area contributed by atoms with E-state index in [1.807, 2.05) is 18.2 Å². The summed E-state index contributed by atoms with van der Waals surface area (Å²) in [6.07, 6.45) is 2.08. The number of fused-ring (bicyclic) bond motifs is 1. The second-order valence-electron chi connectivity index (χ2n) is 4.62. The average molecular weight is 297 g/mol. The lowest BCUT2D eigenvalue weighted by atomic mass is 10.2. The first-order valence-corrected chi connectivity index (χ1v) is 6.36. The minimum atomic E-state index is -0.0374. The summed E-state index contributed by atoms with van der Waals surface area (Å²) < 4.78 is 5.50. The zero-order valence-electron chi connectivity index (χ0n) is 10.9. The number of morpholine rings is 1. The number of H-pyrrole nitrogens is 1. The third-order valence-corrected chi connectivity index (χ3v) is 3.14. The molecule has 1 saturated heterocycles. The molecule has 1 aromatic heterocycles. The van der Waals surface area contributed by atoms with Crippen LogP contribution in [0.2, 0.25) is 0 Å². The van der Waals surface area contributed by atoms with E-state index in [0.717, 1.165) is 29.7 Å². The van der Waals surface area contributed by atoms with E-state index < -0.39 is 0 Å². The molecule has 3 rings (SSSR count). The number of benzene rings is 1. The van der Waals surface area contributed by atoms with Crippen molar-refractivity contribution in [2.75, 3.05) is 25.0 Å². The minimum Gasteiger partial charge on any atom is -0.375 e. The molecule has 2 aromatic rings. The van der Waals surface area contributed by atoms with Gasteiger partial charge in [0.15, 0.2) is 0 Å². The summed E-state index contributed by atoms with van der Waals surface area (Å²) in [7, 11) is 0. The van der Waals surface area contributed by atoms with E-state index in [-0.39, 0.29) is 24.4 Å². The molecule has 20 heavy (non-hydrogen) atoms. The van der Waals surface area contributed by atoms with Gasteiger partial charge in [-0.25, -0.2) is 0 Å². The van der Waals surface area contributed by atoms with E-state index in [0.29, 0.717) is 13.0 Å². The third-order valence-electron chi connectivity index (χ3n) is 3.14.